The van der Waals surface area contributed by atoms with Gasteiger partial charge >= 0.3 is 5.97 Å². The molecule has 2 aromatic carbocycles. The number of nitrogens with one attached hydrogen (secondary N) is 2. The molecule has 1 saturated heterocycles. The molecule has 190 valence electrons. The summed E-state index contributed by atoms with van der Waals surface area (Å²) in [5, 5.41) is 7.84. The van der Waals surface area contributed by atoms with Crippen LogP contribution in [0.4, 0.5) is 10.1 Å². The molecule has 4 atom stereocenters. The summed E-state index contributed by atoms with van der Waals surface area (Å²) in [6.07, 6.45) is 0.758. The Balaban J connectivity index is 2.02. The number of esters is 1. The van der Waals surface area contributed by atoms with E-state index in [-0.39, 0.29) is 16.5 Å². The molecule has 2 aliphatic rings. The summed E-state index contributed by atoms with van der Waals surface area (Å²) in [6.45, 7) is 14.4. The Morgan fingerprint density at radius 2 is 1.83 bits per heavy atom. The molecule has 1 spiro atoms. The minimum absolute atomic E-state index is 0.0331. The van der Waals surface area contributed by atoms with E-state index in [2.05, 4.69) is 31.4 Å². The number of fused-ring (bicyclic) bond motifs is 2. The van der Waals surface area contributed by atoms with E-state index in [9.17, 15) is 4.79 Å². The SMILES string of the molecule is CC(C)(C)C[C@@H]1N[C@@](C)(C(=O)OC(C)(C)C)[C@H](c2cccc(Cl)c2F)[C@]12CNc1cc(Cl)ccc12. The fourth-order valence-corrected chi connectivity index (χ4v) is 6.36. The first kappa shape index (κ1) is 26.2. The maximum Gasteiger partial charge on any atom is 0.327 e. The third-order valence-corrected chi connectivity index (χ3v) is 7.70. The Hall–Kier alpha value is -1.82. The number of hydrogen-bond donors (Lipinski definition) is 2. The van der Waals surface area contributed by atoms with Crippen LogP contribution in [-0.4, -0.2) is 29.7 Å². The Morgan fingerprint density at radius 1 is 1.14 bits per heavy atom. The number of carbonyl (C=O) groups excluding carboxylic acids is 1. The second kappa shape index (κ2) is 8.64. The number of ether oxygens (including phenoxy) is 1. The number of rotatable bonds is 3. The minimum atomic E-state index is -1.21. The summed E-state index contributed by atoms with van der Waals surface area (Å²) in [5.41, 5.74) is -0.300. The third-order valence-electron chi connectivity index (χ3n) is 7.17. The summed E-state index contributed by atoms with van der Waals surface area (Å²) in [6, 6.07) is 10.6. The fourth-order valence-electron chi connectivity index (χ4n) is 6.00. The normalized spacial score (nSPS) is 28.2. The lowest BCUT2D eigenvalue weighted by molar-refractivity contribution is -0.163. The molecule has 7 heteroatoms. The van der Waals surface area contributed by atoms with E-state index in [1.807, 2.05) is 45.9 Å². The molecule has 1 fully saturated rings. The summed E-state index contributed by atoms with van der Waals surface area (Å²) in [5.74, 6) is -1.51. The number of benzene rings is 2. The van der Waals surface area contributed by atoms with Crippen molar-refractivity contribution in [2.45, 2.75) is 83.4 Å². The molecule has 2 aromatic rings. The molecule has 0 unspecified atom stereocenters. The van der Waals surface area contributed by atoms with Crippen molar-refractivity contribution >= 4 is 34.9 Å². The molecule has 4 nitrogen and oxygen atoms in total. The average molecular weight is 522 g/mol. The molecule has 35 heavy (non-hydrogen) atoms. The summed E-state index contributed by atoms with van der Waals surface area (Å²) in [4.78, 5) is 13.9. The Morgan fingerprint density at radius 3 is 2.46 bits per heavy atom. The first-order chi connectivity index (χ1) is 16.1. The lowest BCUT2D eigenvalue weighted by atomic mass is 9.60. The Labute approximate surface area is 217 Å². The van der Waals surface area contributed by atoms with Gasteiger partial charge < -0.3 is 10.1 Å². The van der Waals surface area contributed by atoms with E-state index >= 15 is 4.39 Å². The van der Waals surface area contributed by atoms with Crippen molar-refractivity contribution in [3.8, 4) is 0 Å². The Bertz CT molecular complexity index is 1160. The maximum atomic E-state index is 15.8. The first-order valence-electron chi connectivity index (χ1n) is 12.1. The fraction of sp³-hybridized carbons (Fsp3) is 0.536. The van der Waals surface area contributed by atoms with Crippen LogP contribution >= 0.6 is 23.2 Å². The van der Waals surface area contributed by atoms with Crippen molar-refractivity contribution in [3.05, 3.63) is 63.4 Å². The van der Waals surface area contributed by atoms with Gasteiger partial charge in [-0.3, -0.25) is 10.1 Å². The average Bonchev–Trinajstić information content (AvgIpc) is 3.19. The van der Waals surface area contributed by atoms with Gasteiger partial charge in [-0.15, -0.1) is 0 Å². The molecule has 2 N–H and O–H groups in total. The van der Waals surface area contributed by atoms with Crippen LogP contribution in [0.1, 0.15) is 71.9 Å². The minimum Gasteiger partial charge on any atom is -0.459 e. The van der Waals surface area contributed by atoms with Crippen molar-refractivity contribution in [3.63, 3.8) is 0 Å². The summed E-state index contributed by atoms with van der Waals surface area (Å²) in [7, 11) is 0. The number of carbonyl (C=O) groups is 1. The van der Waals surface area contributed by atoms with Gasteiger partial charge in [0, 0.05) is 34.6 Å². The quantitative estimate of drug-likeness (QED) is 0.424. The zero-order chi connectivity index (χ0) is 26.0. The third kappa shape index (κ3) is 4.56. The van der Waals surface area contributed by atoms with Gasteiger partial charge in [-0.2, -0.15) is 0 Å². The smallest absolute Gasteiger partial charge is 0.327 e. The van der Waals surface area contributed by atoms with Crippen LogP contribution in [0.5, 0.6) is 0 Å². The zero-order valence-electron chi connectivity index (χ0n) is 21.5. The van der Waals surface area contributed by atoms with Crippen molar-refractivity contribution in [1.29, 1.82) is 0 Å². The van der Waals surface area contributed by atoms with Gasteiger partial charge in [0.1, 0.15) is 17.0 Å². The van der Waals surface area contributed by atoms with Crippen molar-refractivity contribution in [2.75, 3.05) is 11.9 Å². The van der Waals surface area contributed by atoms with Gasteiger partial charge in [0.15, 0.2) is 0 Å². The van der Waals surface area contributed by atoms with Gasteiger partial charge in [0.05, 0.1) is 5.02 Å². The lowest BCUT2D eigenvalue weighted by Crippen LogP contribution is -2.53. The second-order valence-electron chi connectivity index (χ2n) is 12.3. The van der Waals surface area contributed by atoms with E-state index in [0.29, 0.717) is 17.1 Å². The van der Waals surface area contributed by atoms with Crippen LogP contribution in [0.15, 0.2) is 36.4 Å². The van der Waals surface area contributed by atoms with Crippen LogP contribution in [-0.2, 0) is 14.9 Å². The molecular weight excluding hydrogens is 486 g/mol. The van der Waals surface area contributed by atoms with Gasteiger partial charge in [-0.1, -0.05) is 62.2 Å². The second-order valence-corrected chi connectivity index (χ2v) is 13.2. The highest BCUT2D eigenvalue weighted by molar-refractivity contribution is 6.31. The van der Waals surface area contributed by atoms with Gasteiger partial charge in [-0.25, -0.2) is 4.39 Å². The van der Waals surface area contributed by atoms with E-state index in [1.165, 1.54) is 6.07 Å². The molecule has 4 rings (SSSR count). The molecule has 2 aliphatic heterocycles. The largest absolute Gasteiger partial charge is 0.459 e. The molecule has 0 bridgehead atoms. The Kier molecular flexibility index (Phi) is 6.48. The van der Waals surface area contributed by atoms with Gasteiger partial charge in [0.25, 0.3) is 0 Å². The summed E-state index contributed by atoms with van der Waals surface area (Å²) < 4.78 is 21.7. The molecule has 0 radical (unpaired) electrons. The zero-order valence-corrected chi connectivity index (χ0v) is 23.0. The van der Waals surface area contributed by atoms with Crippen LogP contribution in [0.2, 0.25) is 10.0 Å². The highest BCUT2D eigenvalue weighted by atomic mass is 35.5. The maximum absolute atomic E-state index is 15.8. The van der Waals surface area contributed by atoms with E-state index in [1.54, 1.807) is 12.1 Å². The number of halogens is 3. The topological polar surface area (TPSA) is 50.4 Å². The number of anilines is 1. The van der Waals surface area contributed by atoms with Crippen LogP contribution in [0.3, 0.4) is 0 Å². The van der Waals surface area contributed by atoms with Gasteiger partial charge in [0.2, 0.25) is 0 Å². The lowest BCUT2D eigenvalue weighted by Gasteiger charge is -2.41. The molecule has 0 saturated carbocycles. The molecular formula is C28H35Cl2FN2O2. The van der Waals surface area contributed by atoms with Crippen LogP contribution < -0.4 is 10.6 Å². The molecule has 0 amide bonds. The van der Waals surface area contributed by atoms with Crippen molar-refractivity contribution in [2.24, 2.45) is 5.41 Å². The van der Waals surface area contributed by atoms with E-state index in [0.717, 1.165) is 17.7 Å². The number of hydrogen-bond acceptors (Lipinski definition) is 4. The summed E-state index contributed by atoms with van der Waals surface area (Å²) >= 11 is 12.6. The molecule has 2 heterocycles. The van der Waals surface area contributed by atoms with E-state index in [4.69, 9.17) is 27.9 Å². The first-order valence-corrected chi connectivity index (χ1v) is 12.8. The highest BCUT2D eigenvalue weighted by Crippen LogP contribution is 2.59. The van der Waals surface area contributed by atoms with Crippen LogP contribution in [0, 0.1) is 11.2 Å². The van der Waals surface area contributed by atoms with E-state index < -0.39 is 34.3 Å². The standard InChI is InChI=1S/C28H35Cl2FN2O2/c1-25(2,3)14-21-28(15-32-20-13-16(29)11-12-18(20)28)23(17-9-8-10-19(30)22(17)31)27(7,33-21)24(34)35-26(4,5)6/h8-13,21,23,32-33H,14-15H2,1-7H3/t21-,23-,27+,28-/m0/s1. The van der Waals surface area contributed by atoms with Crippen LogP contribution in [0.25, 0.3) is 0 Å². The molecule has 0 aromatic heterocycles. The predicted octanol–water partition coefficient (Wildman–Crippen LogP) is 7.09. The molecule has 0 aliphatic carbocycles. The highest BCUT2D eigenvalue weighted by Gasteiger charge is 2.67. The van der Waals surface area contributed by atoms with Crippen molar-refractivity contribution in [1.82, 2.24) is 5.32 Å². The predicted molar refractivity (Wildman–Crippen MR) is 141 cm³/mol. The van der Waals surface area contributed by atoms with Crippen molar-refractivity contribution < 1.29 is 13.9 Å². The van der Waals surface area contributed by atoms with Gasteiger partial charge in [-0.05, 0) is 68.9 Å². The monoisotopic (exact) mass is 520 g/mol.